The number of nitrogens with one attached hydrogen (secondary N) is 2. The van der Waals surface area contributed by atoms with Gasteiger partial charge in [0.05, 0.1) is 6.04 Å². The monoisotopic (exact) mass is 370 g/mol. The van der Waals surface area contributed by atoms with Crippen molar-refractivity contribution >= 4 is 22.3 Å². The molecule has 28 heavy (non-hydrogen) atoms. The van der Waals surface area contributed by atoms with E-state index in [0.29, 0.717) is 0 Å². The molecule has 0 aromatic heterocycles. The molecule has 3 heteroatoms. The first kappa shape index (κ1) is 18.5. The highest BCUT2D eigenvalue weighted by molar-refractivity contribution is 5.97. The van der Waals surface area contributed by atoms with E-state index in [4.69, 9.17) is 0 Å². The summed E-state index contributed by atoms with van der Waals surface area (Å²) >= 11 is 0. The Bertz CT molecular complexity index is 1050. The van der Waals surface area contributed by atoms with E-state index in [9.17, 15) is 4.79 Å². The lowest BCUT2D eigenvalue weighted by molar-refractivity contribution is 0.0939. The maximum atomic E-state index is 13.1. The van der Waals surface area contributed by atoms with Gasteiger partial charge in [0.2, 0.25) is 0 Å². The zero-order valence-corrected chi connectivity index (χ0v) is 16.5. The van der Waals surface area contributed by atoms with Crippen LogP contribution in [-0.4, -0.2) is 19.0 Å². The predicted molar refractivity (Wildman–Crippen MR) is 116 cm³/mol. The minimum Gasteiger partial charge on any atom is -0.345 e. The van der Waals surface area contributed by atoms with E-state index < -0.39 is 0 Å². The largest absolute Gasteiger partial charge is 0.345 e. The SMILES string of the molecule is Cc1ccc(C2=CCNCC2)cc1C(=O)N[C@H](C)c1cccc2ccccc12. The van der Waals surface area contributed by atoms with E-state index in [-0.39, 0.29) is 11.9 Å². The molecule has 142 valence electrons. The lowest BCUT2D eigenvalue weighted by atomic mass is 9.95. The van der Waals surface area contributed by atoms with Crippen LogP contribution in [0.3, 0.4) is 0 Å². The number of carbonyl (C=O) groups excluding carboxylic acids is 1. The quantitative estimate of drug-likeness (QED) is 0.677. The van der Waals surface area contributed by atoms with Gasteiger partial charge in [-0.1, -0.05) is 60.7 Å². The number of benzene rings is 3. The lowest BCUT2D eigenvalue weighted by Gasteiger charge is -2.19. The van der Waals surface area contributed by atoms with Gasteiger partial charge in [-0.05, 0) is 65.9 Å². The standard InChI is InChI=1S/C25H26N2O/c1-17-10-11-21(19-12-14-26-15-13-19)16-24(17)25(28)27-18(2)22-9-5-7-20-6-3-4-8-23(20)22/h3-12,16,18,26H,13-15H2,1-2H3,(H,27,28)/t18-/m1/s1. The molecule has 0 saturated heterocycles. The summed E-state index contributed by atoms with van der Waals surface area (Å²) in [6, 6.07) is 20.7. The second kappa shape index (κ2) is 7.99. The Labute approximate surface area is 166 Å². The molecule has 1 amide bonds. The van der Waals surface area contributed by atoms with Gasteiger partial charge in [-0.15, -0.1) is 0 Å². The summed E-state index contributed by atoms with van der Waals surface area (Å²) in [6.07, 6.45) is 3.21. The zero-order valence-electron chi connectivity index (χ0n) is 16.5. The fraction of sp³-hybridized carbons (Fsp3) is 0.240. The molecule has 0 radical (unpaired) electrons. The van der Waals surface area contributed by atoms with Gasteiger partial charge >= 0.3 is 0 Å². The molecule has 1 atom stereocenters. The van der Waals surface area contributed by atoms with Crippen molar-refractivity contribution in [3.05, 3.63) is 89.0 Å². The van der Waals surface area contributed by atoms with Crippen molar-refractivity contribution in [1.29, 1.82) is 0 Å². The maximum Gasteiger partial charge on any atom is 0.252 e. The average Bonchev–Trinajstić information content (AvgIpc) is 2.74. The molecule has 1 aliphatic heterocycles. The molecule has 1 heterocycles. The Morgan fingerprint density at radius 2 is 1.89 bits per heavy atom. The van der Waals surface area contributed by atoms with Gasteiger partial charge in [-0.3, -0.25) is 4.79 Å². The summed E-state index contributed by atoms with van der Waals surface area (Å²) in [4.78, 5) is 13.1. The molecule has 3 aromatic rings. The molecular formula is C25H26N2O. The summed E-state index contributed by atoms with van der Waals surface area (Å²) in [6.45, 7) is 5.93. The molecule has 0 aliphatic carbocycles. The van der Waals surface area contributed by atoms with Gasteiger partial charge in [0, 0.05) is 12.1 Å². The normalized spacial score (nSPS) is 15.1. The van der Waals surface area contributed by atoms with Gasteiger partial charge in [0.25, 0.3) is 5.91 Å². The molecule has 2 N–H and O–H groups in total. The van der Waals surface area contributed by atoms with Crippen LogP contribution in [0.2, 0.25) is 0 Å². The number of rotatable bonds is 4. The van der Waals surface area contributed by atoms with Crippen molar-refractivity contribution in [1.82, 2.24) is 10.6 Å². The molecule has 0 unspecified atom stereocenters. The van der Waals surface area contributed by atoms with Gasteiger partial charge in [-0.25, -0.2) is 0 Å². The first-order valence-electron chi connectivity index (χ1n) is 9.93. The van der Waals surface area contributed by atoms with Crippen molar-refractivity contribution in [3.8, 4) is 0 Å². The first-order valence-corrected chi connectivity index (χ1v) is 9.93. The molecule has 0 bridgehead atoms. The van der Waals surface area contributed by atoms with Crippen molar-refractivity contribution in [3.63, 3.8) is 0 Å². The van der Waals surface area contributed by atoms with Crippen LogP contribution in [0, 0.1) is 6.92 Å². The summed E-state index contributed by atoms with van der Waals surface area (Å²) in [5.74, 6) is -0.0191. The van der Waals surface area contributed by atoms with Crippen LogP contribution in [0.5, 0.6) is 0 Å². The molecular weight excluding hydrogens is 344 g/mol. The minimum atomic E-state index is -0.0697. The van der Waals surface area contributed by atoms with Gasteiger partial charge < -0.3 is 10.6 Å². The van der Waals surface area contributed by atoms with Gasteiger partial charge in [0.1, 0.15) is 0 Å². The minimum absolute atomic E-state index is 0.0191. The van der Waals surface area contributed by atoms with Crippen molar-refractivity contribution < 1.29 is 4.79 Å². The molecule has 3 nitrogen and oxygen atoms in total. The fourth-order valence-corrected chi connectivity index (χ4v) is 3.93. The Hall–Kier alpha value is -2.91. The van der Waals surface area contributed by atoms with Crippen molar-refractivity contribution in [2.45, 2.75) is 26.3 Å². The van der Waals surface area contributed by atoms with Crippen LogP contribution in [0.1, 0.15) is 46.4 Å². The smallest absolute Gasteiger partial charge is 0.252 e. The highest BCUT2D eigenvalue weighted by Crippen LogP contribution is 2.26. The molecule has 1 aliphatic rings. The molecule has 4 rings (SSSR count). The molecule has 3 aromatic carbocycles. The highest BCUT2D eigenvalue weighted by Gasteiger charge is 2.16. The van der Waals surface area contributed by atoms with Crippen LogP contribution in [0.4, 0.5) is 0 Å². The van der Waals surface area contributed by atoms with E-state index in [1.807, 2.05) is 32.0 Å². The van der Waals surface area contributed by atoms with Crippen molar-refractivity contribution in [2.75, 3.05) is 13.1 Å². The van der Waals surface area contributed by atoms with E-state index in [0.717, 1.165) is 41.8 Å². The second-order valence-electron chi connectivity index (χ2n) is 7.48. The highest BCUT2D eigenvalue weighted by atomic mass is 16.1. The predicted octanol–water partition coefficient (Wildman–Crippen LogP) is 5.02. The van der Waals surface area contributed by atoms with Crippen LogP contribution in [0.15, 0.2) is 66.7 Å². The van der Waals surface area contributed by atoms with Crippen LogP contribution in [-0.2, 0) is 0 Å². The lowest BCUT2D eigenvalue weighted by Crippen LogP contribution is -2.27. The maximum absolute atomic E-state index is 13.1. The first-order chi connectivity index (χ1) is 13.6. The van der Waals surface area contributed by atoms with E-state index in [2.05, 4.69) is 59.2 Å². The topological polar surface area (TPSA) is 41.1 Å². The zero-order chi connectivity index (χ0) is 19.5. The summed E-state index contributed by atoms with van der Waals surface area (Å²) in [5.41, 5.74) is 5.36. The third kappa shape index (κ3) is 3.71. The number of fused-ring (bicyclic) bond motifs is 1. The van der Waals surface area contributed by atoms with Crippen LogP contribution in [0.25, 0.3) is 16.3 Å². The summed E-state index contributed by atoms with van der Waals surface area (Å²) in [5, 5.41) is 8.92. The Morgan fingerprint density at radius 1 is 1.07 bits per heavy atom. The third-order valence-corrected chi connectivity index (χ3v) is 5.55. The molecule has 0 spiro atoms. The van der Waals surface area contributed by atoms with Gasteiger partial charge in [0.15, 0.2) is 0 Å². The number of hydrogen-bond donors (Lipinski definition) is 2. The summed E-state index contributed by atoms with van der Waals surface area (Å²) < 4.78 is 0. The number of amides is 1. The van der Waals surface area contributed by atoms with Crippen LogP contribution < -0.4 is 10.6 Å². The number of aryl methyl sites for hydroxylation is 1. The number of hydrogen-bond acceptors (Lipinski definition) is 2. The van der Waals surface area contributed by atoms with E-state index in [1.54, 1.807) is 0 Å². The Kier molecular flexibility index (Phi) is 5.27. The molecule has 0 saturated carbocycles. The van der Waals surface area contributed by atoms with E-state index >= 15 is 0 Å². The second-order valence-corrected chi connectivity index (χ2v) is 7.48. The van der Waals surface area contributed by atoms with Crippen molar-refractivity contribution in [2.24, 2.45) is 0 Å². The summed E-state index contributed by atoms with van der Waals surface area (Å²) in [7, 11) is 0. The Balaban J connectivity index is 1.60. The van der Waals surface area contributed by atoms with Crippen LogP contribution >= 0.6 is 0 Å². The van der Waals surface area contributed by atoms with Gasteiger partial charge in [-0.2, -0.15) is 0 Å². The average molecular weight is 370 g/mol. The molecule has 0 fully saturated rings. The fourth-order valence-electron chi connectivity index (χ4n) is 3.93. The number of carbonyl (C=O) groups is 1. The Morgan fingerprint density at radius 3 is 2.71 bits per heavy atom. The van der Waals surface area contributed by atoms with E-state index in [1.165, 1.54) is 16.3 Å². The third-order valence-electron chi connectivity index (χ3n) is 5.55.